The Morgan fingerprint density at radius 3 is 2.67 bits per heavy atom. The van der Waals surface area contributed by atoms with E-state index in [2.05, 4.69) is 35.3 Å². The molecular formula is C15H24N2O. The van der Waals surface area contributed by atoms with Gasteiger partial charge in [-0.2, -0.15) is 0 Å². The monoisotopic (exact) mass is 248 g/mol. The largest absolute Gasteiger partial charge is 0.495 e. The highest BCUT2D eigenvalue weighted by Gasteiger charge is 2.15. The highest BCUT2D eigenvalue weighted by atomic mass is 16.5. The second-order valence-electron chi connectivity index (χ2n) is 4.83. The Kier molecular flexibility index (Phi) is 4.88. The second-order valence-corrected chi connectivity index (χ2v) is 4.83. The molecule has 0 unspecified atom stereocenters. The van der Waals surface area contributed by atoms with Crippen molar-refractivity contribution in [3.8, 4) is 5.75 Å². The summed E-state index contributed by atoms with van der Waals surface area (Å²) in [5.41, 5.74) is 2.53. The fraction of sp³-hybridized carbons (Fsp3) is 0.600. The summed E-state index contributed by atoms with van der Waals surface area (Å²) in [5.74, 6) is 1.01. The van der Waals surface area contributed by atoms with Crippen LogP contribution in [0.2, 0.25) is 0 Å². The van der Waals surface area contributed by atoms with Crippen molar-refractivity contribution < 1.29 is 4.74 Å². The zero-order valence-corrected chi connectivity index (χ0v) is 11.5. The number of benzene rings is 1. The molecule has 18 heavy (non-hydrogen) atoms. The lowest BCUT2D eigenvalue weighted by atomic mass is 10.1. The second kappa shape index (κ2) is 6.64. The van der Waals surface area contributed by atoms with Crippen molar-refractivity contribution in [2.45, 2.75) is 32.7 Å². The van der Waals surface area contributed by atoms with Crippen LogP contribution in [0.5, 0.6) is 5.75 Å². The van der Waals surface area contributed by atoms with Gasteiger partial charge in [0.15, 0.2) is 0 Å². The fourth-order valence-corrected chi connectivity index (χ4v) is 2.50. The molecule has 1 aliphatic heterocycles. The number of nitrogens with one attached hydrogen (secondary N) is 1. The summed E-state index contributed by atoms with van der Waals surface area (Å²) < 4.78 is 5.55. The van der Waals surface area contributed by atoms with Crippen molar-refractivity contribution in [2.75, 3.05) is 31.6 Å². The standard InChI is InChI=1S/C15H24N2O/c1-3-16-12-13-7-8-14(15(11-13)18-2)17-9-5-4-6-10-17/h7-8,11,16H,3-6,9-10,12H2,1-2H3. The average Bonchev–Trinajstić information content (AvgIpc) is 2.45. The van der Waals surface area contributed by atoms with Crippen LogP contribution in [0.25, 0.3) is 0 Å². The molecule has 1 aromatic rings. The minimum Gasteiger partial charge on any atom is -0.495 e. The number of hydrogen-bond donors (Lipinski definition) is 1. The molecule has 0 saturated carbocycles. The van der Waals surface area contributed by atoms with Gasteiger partial charge in [0.2, 0.25) is 0 Å². The highest BCUT2D eigenvalue weighted by Crippen LogP contribution is 2.31. The molecule has 0 aromatic heterocycles. The lowest BCUT2D eigenvalue weighted by Gasteiger charge is -2.30. The molecule has 0 radical (unpaired) electrons. The molecule has 0 spiro atoms. The van der Waals surface area contributed by atoms with Crippen molar-refractivity contribution in [1.82, 2.24) is 5.32 Å². The highest BCUT2D eigenvalue weighted by molar-refractivity contribution is 5.60. The number of methoxy groups -OCH3 is 1. The molecule has 100 valence electrons. The molecule has 3 nitrogen and oxygen atoms in total. The lowest BCUT2D eigenvalue weighted by molar-refractivity contribution is 0.412. The van der Waals surface area contributed by atoms with Crippen LogP contribution in [0.1, 0.15) is 31.7 Å². The number of nitrogens with zero attached hydrogens (tertiary/aromatic N) is 1. The van der Waals surface area contributed by atoms with E-state index in [-0.39, 0.29) is 0 Å². The molecule has 1 fully saturated rings. The van der Waals surface area contributed by atoms with Crippen LogP contribution < -0.4 is 15.0 Å². The third-order valence-corrected chi connectivity index (χ3v) is 3.52. The number of piperidine rings is 1. The minimum absolute atomic E-state index is 0.910. The van der Waals surface area contributed by atoms with Crippen molar-refractivity contribution in [3.05, 3.63) is 23.8 Å². The molecule has 1 N–H and O–H groups in total. The molecule has 0 atom stereocenters. The van der Waals surface area contributed by atoms with Crippen molar-refractivity contribution in [2.24, 2.45) is 0 Å². The van der Waals surface area contributed by atoms with E-state index in [1.807, 2.05) is 0 Å². The van der Waals surface area contributed by atoms with Crippen LogP contribution in [0, 0.1) is 0 Å². The third kappa shape index (κ3) is 3.16. The van der Waals surface area contributed by atoms with Crippen LogP contribution >= 0.6 is 0 Å². The minimum atomic E-state index is 0.910. The van der Waals surface area contributed by atoms with Gasteiger partial charge in [-0.05, 0) is 43.5 Å². The first-order chi connectivity index (χ1) is 8.85. The summed E-state index contributed by atoms with van der Waals surface area (Å²) in [4.78, 5) is 2.44. The summed E-state index contributed by atoms with van der Waals surface area (Å²) in [6.45, 7) is 6.34. The smallest absolute Gasteiger partial charge is 0.142 e. The number of hydrogen-bond acceptors (Lipinski definition) is 3. The summed E-state index contributed by atoms with van der Waals surface area (Å²) >= 11 is 0. The molecule has 1 heterocycles. The molecule has 0 aliphatic carbocycles. The fourth-order valence-electron chi connectivity index (χ4n) is 2.50. The van der Waals surface area contributed by atoms with E-state index in [9.17, 15) is 0 Å². The Morgan fingerprint density at radius 2 is 2.00 bits per heavy atom. The van der Waals surface area contributed by atoms with E-state index >= 15 is 0 Å². The lowest BCUT2D eigenvalue weighted by Crippen LogP contribution is -2.29. The molecular weight excluding hydrogens is 224 g/mol. The van der Waals surface area contributed by atoms with Gasteiger partial charge in [-0.15, -0.1) is 0 Å². The zero-order valence-electron chi connectivity index (χ0n) is 11.5. The van der Waals surface area contributed by atoms with Crippen molar-refractivity contribution >= 4 is 5.69 Å². The maximum absolute atomic E-state index is 5.55. The van der Waals surface area contributed by atoms with Crippen molar-refractivity contribution in [1.29, 1.82) is 0 Å². The zero-order chi connectivity index (χ0) is 12.8. The Balaban J connectivity index is 2.14. The number of anilines is 1. The summed E-state index contributed by atoms with van der Waals surface area (Å²) in [5, 5.41) is 3.35. The molecule has 0 amide bonds. The predicted octanol–water partition coefficient (Wildman–Crippen LogP) is 2.80. The van der Waals surface area contributed by atoms with Gasteiger partial charge < -0.3 is 15.0 Å². The first-order valence-corrected chi connectivity index (χ1v) is 6.97. The van der Waals surface area contributed by atoms with Gasteiger partial charge in [-0.25, -0.2) is 0 Å². The van der Waals surface area contributed by atoms with Crippen LogP contribution in [0.15, 0.2) is 18.2 Å². The number of ether oxygens (including phenoxy) is 1. The predicted molar refractivity (Wildman–Crippen MR) is 76.4 cm³/mol. The summed E-state index contributed by atoms with van der Waals surface area (Å²) in [6, 6.07) is 6.57. The van der Waals surface area contributed by atoms with Gasteiger partial charge in [0.1, 0.15) is 5.75 Å². The van der Waals surface area contributed by atoms with Crippen LogP contribution in [-0.2, 0) is 6.54 Å². The quantitative estimate of drug-likeness (QED) is 0.867. The Bertz CT molecular complexity index is 373. The topological polar surface area (TPSA) is 24.5 Å². The van der Waals surface area contributed by atoms with Crippen molar-refractivity contribution in [3.63, 3.8) is 0 Å². The van der Waals surface area contributed by atoms with E-state index < -0.39 is 0 Å². The van der Waals surface area contributed by atoms with E-state index in [1.165, 1.54) is 30.5 Å². The van der Waals surface area contributed by atoms with E-state index in [4.69, 9.17) is 4.74 Å². The maximum atomic E-state index is 5.55. The molecule has 1 saturated heterocycles. The van der Waals surface area contributed by atoms with Gasteiger partial charge in [0.05, 0.1) is 12.8 Å². The van der Waals surface area contributed by atoms with Gasteiger partial charge in [0.25, 0.3) is 0 Å². The van der Waals surface area contributed by atoms with Crippen LogP contribution in [-0.4, -0.2) is 26.7 Å². The van der Waals surface area contributed by atoms with E-state index in [1.54, 1.807) is 7.11 Å². The van der Waals surface area contributed by atoms with E-state index in [0.29, 0.717) is 0 Å². The van der Waals surface area contributed by atoms with Gasteiger partial charge in [-0.1, -0.05) is 13.0 Å². The molecule has 2 rings (SSSR count). The van der Waals surface area contributed by atoms with Crippen LogP contribution in [0.4, 0.5) is 5.69 Å². The maximum Gasteiger partial charge on any atom is 0.142 e. The average molecular weight is 248 g/mol. The summed E-state index contributed by atoms with van der Waals surface area (Å²) in [6.07, 6.45) is 3.95. The van der Waals surface area contributed by atoms with E-state index in [0.717, 1.165) is 31.9 Å². The van der Waals surface area contributed by atoms with Gasteiger partial charge in [-0.3, -0.25) is 0 Å². The SMILES string of the molecule is CCNCc1ccc(N2CCCCC2)c(OC)c1. The van der Waals surface area contributed by atoms with Gasteiger partial charge >= 0.3 is 0 Å². The summed E-state index contributed by atoms with van der Waals surface area (Å²) in [7, 11) is 1.76. The van der Waals surface area contributed by atoms with Gasteiger partial charge in [0, 0.05) is 19.6 Å². The molecule has 1 aliphatic rings. The number of rotatable bonds is 5. The Hall–Kier alpha value is -1.22. The molecule has 3 heteroatoms. The molecule has 0 bridgehead atoms. The first-order valence-electron chi connectivity index (χ1n) is 6.97. The third-order valence-electron chi connectivity index (χ3n) is 3.52. The molecule has 1 aromatic carbocycles. The Morgan fingerprint density at radius 1 is 1.22 bits per heavy atom. The Labute approximate surface area is 110 Å². The van der Waals surface area contributed by atoms with Crippen LogP contribution in [0.3, 0.4) is 0 Å². The first kappa shape index (κ1) is 13.2. The normalized spacial score (nSPS) is 15.8.